The summed E-state index contributed by atoms with van der Waals surface area (Å²) >= 11 is 0.716. The summed E-state index contributed by atoms with van der Waals surface area (Å²) in [6.07, 6.45) is 0.806. The highest BCUT2D eigenvalue weighted by Gasteiger charge is 2.42. The summed E-state index contributed by atoms with van der Waals surface area (Å²) in [5.74, 6) is -0.149. The number of anilines is 1. The van der Waals surface area contributed by atoms with Crippen molar-refractivity contribution in [2.45, 2.75) is 42.7 Å². The number of fused-ring (bicyclic) bond motifs is 1. The molecule has 3 fully saturated rings. The van der Waals surface area contributed by atoms with Crippen LogP contribution >= 0.6 is 11.3 Å². The van der Waals surface area contributed by atoms with Crippen molar-refractivity contribution >= 4 is 38.6 Å². The maximum absolute atomic E-state index is 13.4. The van der Waals surface area contributed by atoms with Gasteiger partial charge in [-0.1, -0.05) is 11.3 Å². The number of morpholine rings is 2. The first-order chi connectivity index (χ1) is 18.6. The third-order valence-electron chi connectivity index (χ3n) is 7.10. The molecule has 3 aromatic rings. The van der Waals surface area contributed by atoms with Gasteiger partial charge in [0.25, 0.3) is 12.3 Å². The van der Waals surface area contributed by atoms with Crippen molar-refractivity contribution in [2.75, 3.05) is 50.9 Å². The van der Waals surface area contributed by atoms with Gasteiger partial charge < -0.3 is 19.3 Å². The number of ether oxygens (including phenoxy) is 2. The van der Waals surface area contributed by atoms with Crippen LogP contribution in [-0.2, 0) is 24.3 Å². The summed E-state index contributed by atoms with van der Waals surface area (Å²) < 4.78 is 68.7. The zero-order valence-corrected chi connectivity index (χ0v) is 22.7. The van der Waals surface area contributed by atoms with Crippen LogP contribution in [0, 0.1) is 0 Å². The first kappa shape index (κ1) is 26.4. The first-order valence-corrected chi connectivity index (χ1v) is 14.8. The Morgan fingerprint density at radius 3 is 2.67 bits per heavy atom. The molecule has 16 heteroatoms. The topological polar surface area (TPSA) is 131 Å². The minimum absolute atomic E-state index is 0.0153. The van der Waals surface area contributed by atoms with E-state index in [1.165, 1.54) is 22.9 Å². The van der Waals surface area contributed by atoms with E-state index in [1.54, 1.807) is 4.90 Å². The highest BCUT2D eigenvalue weighted by atomic mass is 32.2. The van der Waals surface area contributed by atoms with Crippen LogP contribution in [0.25, 0.3) is 16.3 Å². The van der Waals surface area contributed by atoms with Crippen LogP contribution in [0.2, 0.25) is 0 Å². The van der Waals surface area contributed by atoms with Crippen LogP contribution in [0.3, 0.4) is 0 Å². The molecule has 1 amide bonds. The molecule has 0 aromatic carbocycles. The third-order valence-corrected chi connectivity index (χ3v) is 9.66. The molecule has 2 saturated heterocycles. The molecule has 1 aliphatic carbocycles. The van der Waals surface area contributed by atoms with E-state index in [0.29, 0.717) is 61.2 Å². The van der Waals surface area contributed by atoms with Gasteiger partial charge in [0.15, 0.2) is 21.8 Å². The van der Waals surface area contributed by atoms with E-state index in [0.717, 1.165) is 12.8 Å². The molecule has 39 heavy (non-hydrogen) atoms. The molecule has 210 valence electrons. The highest BCUT2D eigenvalue weighted by Crippen LogP contribution is 2.37. The van der Waals surface area contributed by atoms with Crippen molar-refractivity contribution in [3.05, 3.63) is 23.5 Å². The Hall–Kier alpha value is -2.79. The van der Waals surface area contributed by atoms with E-state index in [2.05, 4.69) is 19.9 Å². The first-order valence-electron chi connectivity index (χ1n) is 12.5. The van der Waals surface area contributed by atoms with Crippen LogP contribution in [0.1, 0.15) is 31.2 Å². The molecule has 5 heterocycles. The van der Waals surface area contributed by atoms with Crippen LogP contribution in [0.4, 0.5) is 14.5 Å². The van der Waals surface area contributed by atoms with Gasteiger partial charge >= 0.3 is 0 Å². The van der Waals surface area contributed by atoms with Gasteiger partial charge in [0, 0.05) is 31.4 Å². The van der Waals surface area contributed by atoms with Gasteiger partial charge in [-0.3, -0.25) is 9.20 Å². The molecule has 1 saturated carbocycles. The summed E-state index contributed by atoms with van der Waals surface area (Å²) in [5, 5.41) is 7.19. The normalized spacial score (nSPS) is 21.6. The van der Waals surface area contributed by atoms with Crippen molar-refractivity contribution in [1.29, 1.82) is 0 Å². The molecule has 0 radical (unpaired) electrons. The standard InChI is InChI=1S/C23H27F2N7O5S2/c1-23(2-3-23)29-39(34,35)14-10-15(31-6-9-37-17(13-31)22(33)30-4-7-36-8-5-30)19-26-11-16(32(19)12-14)20-27-28-21(38-20)18(24)25/h10-12,17-18,29H,2-9,13H2,1H3/t17-/m1/s1. The number of nitrogens with one attached hydrogen (secondary N) is 1. The third kappa shape index (κ3) is 5.23. The fourth-order valence-corrected chi connectivity index (χ4v) is 6.87. The summed E-state index contributed by atoms with van der Waals surface area (Å²) in [6.45, 7) is 4.56. The smallest absolute Gasteiger partial charge is 0.291 e. The molecule has 6 rings (SSSR count). The van der Waals surface area contributed by atoms with E-state index < -0.39 is 33.1 Å². The minimum Gasteiger partial charge on any atom is -0.378 e. The van der Waals surface area contributed by atoms with Crippen LogP contribution in [-0.4, -0.2) is 96.4 Å². The number of sulfonamides is 1. The number of hydrogen-bond donors (Lipinski definition) is 1. The minimum atomic E-state index is -3.94. The lowest BCUT2D eigenvalue weighted by molar-refractivity contribution is -0.148. The van der Waals surface area contributed by atoms with E-state index in [-0.39, 0.29) is 29.0 Å². The maximum atomic E-state index is 13.4. The van der Waals surface area contributed by atoms with Gasteiger partial charge in [0.1, 0.15) is 10.6 Å². The van der Waals surface area contributed by atoms with E-state index in [1.807, 2.05) is 11.8 Å². The molecule has 1 N–H and O–H groups in total. The lowest BCUT2D eigenvalue weighted by atomic mass is 10.2. The molecule has 0 bridgehead atoms. The Bertz CT molecular complexity index is 1500. The molecule has 1 atom stereocenters. The summed E-state index contributed by atoms with van der Waals surface area (Å²) in [4.78, 5) is 21.2. The van der Waals surface area contributed by atoms with Crippen LogP contribution < -0.4 is 9.62 Å². The number of carbonyl (C=O) groups excluding carboxylic acids is 1. The number of imidazole rings is 1. The lowest BCUT2D eigenvalue weighted by Crippen LogP contribution is -2.53. The zero-order chi connectivity index (χ0) is 27.4. The van der Waals surface area contributed by atoms with E-state index in [4.69, 9.17) is 9.47 Å². The monoisotopic (exact) mass is 583 g/mol. The van der Waals surface area contributed by atoms with Gasteiger partial charge in [0.05, 0.1) is 38.2 Å². The van der Waals surface area contributed by atoms with Gasteiger partial charge in [-0.2, -0.15) is 0 Å². The largest absolute Gasteiger partial charge is 0.378 e. The highest BCUT2D eigenvalue weighted by molar-refractivity contribution is 7.89. The molecule has 3 aromatic heterocycles. The fourth-order valence-electron chi connectivity index (χ4n) is 4.69. The number of rotatable bonds is 7. The molecular formula is C23H27F2N7O5S2. The van der Waals surface area contributed by atoms with E-state index in [9.17, 15) is 22.0 Å². The van der Waals surface area contributed by atoms with Crippen molar-refractivity contribution in [3.63, 3.8) is 0 Å². The fraction of sp³-hybridized carbons (Fsp3) is 0.565. The second-order valence-corrected chi connectivity index (χ2v) is 12.7. The van der Waals surface area contributed by atoms with Gasteiger partial charge in [0.2, 0.25) is 10.0 Å². The van der Waals surface area contributed by atoms with Crippen LogP contribution in [0.15, 0.2) is 23.4 Å². The summed E-state index contributed by atoms with van der Waals surface area (Å²) in [7, 11) is -3.94. The van der Waals surface area contributed by atoms with Crippen molar-refractivity contribution in [2.24, 2.45) is 0 Å². The predicted octanol–water partition coefficient (Wildman–Crippen LogP) is 1.69. The quantitative estimate of drug-likeness (QED) is 0.441. The average Bonchev–Trinajstić information content (AvgIpc) is 3.30. The number of amides is 1. The number of pyridine rings is 1. The Labute approximate surface area is 227 Å². The number of carbonyl (C=O) groups is 1. The molecule has 0 unspecified atom stereocenters. The van der Waals surface area contributed by atoms with Crippen LogP contribution in [0.5, 0.6) is 0 Å². The Balaban J connectivity index is 1.40. The van der Waals surface area contributed by atoms with Crippen molar-refractivity contribution in [3.8, 4) is 10.7 Å². The lowest BCUT2D eigenvalue weighted by Gasteiger charge is -2.37. The van der Waals surface area contributed by atoms with E-state index >= 15 is 0 Å². The number of nitrogens with zero attached hydrogens (tertiary/aromatic N) is 6. The van der Waals surface area contributed by atoms with Gasteiger partial charge in [-0.25, -0.2) is 26.9 Å². The second kappa shape index (κ2) is 9.99. The Morgan fingerprint density at radius 2 is 1.97 bits per heavy atom. The number of alkyl halides is 2. The predicted molar refractivity (Wildman–Crippen MR) is 136 cm³/mol. The molecule has 0 spiro atoms. The number of hydrogen-bond acceptors (Lipinski definition) is 10. The number of aromatic nitrogens is 4. The molecule has 12 nitrogen and oxygen atoms in total. The van der Waals surface area contributed by atoms with Gasteiger partial charge in [-0.15, -0.1) is 10.2 Å². The average molecular weight is 584 g/mol. The Morgan fingerprint density at radius 1 is 1.21 bits per heavy atom. The Kier molecular flexibility index (Phi) is 6.77. The molecule has 2 aliphatic heterocycles. The second-order valence-electron chi connectivity index (χ2n) is 10.1. The summed E-state index contributed by atoms with van der Waals surface area (Å²) in [6, 6.07) is 1.53. The van der Waals surface area contributed by atoms with Crippen molar-refractivity contribution in [1.82, 2.24) is 29.2 Å². The number of halogens is 2. The SMILES string of the molecule is CC1(NS(=O)(=O)c2cc(N3CCO[C@@H](C(=O)N4CCOCC4)C3)c3ncc(-c4nnc(C(F)F)s4)n3c2)CC1. The van der Waals surface area contributed by atoms with Crippen molar-refractivity contribution < 1.29 is 31.5 Å². The summed E-state index contributed by atoms with van der Waals surface area (Å²) in [5.41, 5.74) is 0.701. The van der Waals surface area contributed by atoms with Gasteiger partial charge in [-0.05, 0) is 25.8 Å². The molecular weight excluding hydrogens is 556 g/mol. The molecule has 3 aliphatic rings. The zero-order valence-electron chi connectivity index (χ0n) is 21.0. The maximum Gasteiger partial charge on any atom is 0.291 e.